The third-order valence-electron chi connectivity index (χ3n) is 1.43. The van der Waals surface area contributed by atoms with Crippen LogP contribution in [0.2, 0.25) is 0 Å². The molecule has 0 heterocycles. The zero-order chi connectivity index (χ0) is 9.68. The predicted octanol–water partition coefficient (Wildman–Crippen LogP) is 3.75. The fourth-order valence-electron chi connectivity index (χ4n) is 0.829. The van der Waals surface area contributed by atoms with Gasteiger partial charge < -0.3 is 4.74 Å². The number of benzene rings is 1. The standard InChI is InChI=1S/C9H9Br2FO/c10-4-1-5-13-9-3-2-7(12)6-8(9)11/h2-3,6H,1,4-5H2. The number of hydrogen-bond donors (Lipinski definition) is 0. The van der Waals surface area contributed by atoms with Crippen molar-refractivity contribution < 1.29 is 9.13 Å². The van der Waals surface area contributed by atoms with Crippen molar-refractivity contribution in [2.45, 2.75) is 6.42 Å². The van der Waals surface area contributed by atoms with E-state index in [1.165, 1.54) is 12.1 Å². The first-order valence-electron chi connectivity index (χ1n) is 3.88. The van der Waals surface area contributed by atoms with Gasteiger partial charge in [0.2, 0.25) is 0 Å². The molecular formula is C9H9Br2FO. The Balaban J connectivity index is 2.56. The van der Waals surface area contributed by atoms with Gasteiger partial charge in [0.15, 0.2) is 0 Å². The molecular weight excluding hydrogens is 303 g/mol. The lowest BCUT2D eigenvalue weighted by Crippen LogP contribution is -1.98. The highest BCUT2D eigenvalue weighted by molar-refractivity contribution is 9.10. The highest BCUT2D eigenvalue weighted by atomic mass is 79.9. The number of halogens is 3. The van der Waals surface area contributed by atoms with Gasteiger partial charge in [-0.2, -0.15) is 0 Å². The Morgan fingerprint density at radius 3 is 2.77 bits per heavy atom. The van der Waals surface area contributed by atoms with E-state index in [0.717, 1.165) is 11.8 Å². The van der Waals surface area contributed by atoms with Crippen LogP contribution in [0.15, 0.2) is 22.7 Å². The molecule has 0 unspecified atom stereocenters. The first-order valence-corrected chi connectivity index (χ1v) is 5.79. The molecule has 0 aliphatic heterocycles. The summed E-state index contributed by atoms with van der Waals surface area (Å²) in [4.78, 5) is 0. The molecule has 1 rings (SSSR count). The fraction of sp³-hybridized carbons (Fsp3) is 0.333. The summed E-state index contributed by atoms with van der Waals surface area (Å²) in [7, 11) is 0. The first kappa shape index (κ1) is 11.0. The van der Waals surface area contributed by atoms with E-state index in [9.17, 15) is 4.39 Å². The van der Waals surface area contributed by atoms with Gasteiger partial charge in [-0.25, -0.2) is 4.39 Å². The Hall–Kier alpha value is -0.0900. The second-order valence-corrected chi connectivity index (χ2v) is 4.11. The third-order valence-corrected chi connectivity index (χ3v) is 2.61. The molecule has 0 N–H and O–H groups in total. The van der Waals surface area contributed by atoms with Gasteiger partial charge in [0.25, 0.3) is 0 Å². The van der Waals surface area contributed by atoms with Crippen LogP contribution in [-0.4, -0.2) is 11.9 Å². The van der Waals surface area contributed by atoms with Crippen LogP contribution < -0.4 is 4.74 Å². The summed E-state index contributed by atoms with van der Waals surface area (Å²) in [5.41, 5.74) is 0. The van der Waals surface area contributed by atoms with E-state index in [1.807, 2.05) is 0 Å². The maximum Gasteiger partial charge on any atom is 0.133 e. The lowest BCUT2D eigenvalue weighted by molar-refractivity contribution is 0.316. The molecule has 0 amide bonds. The molecule has 1 nitrogen and oxygen atoms in total. The quantitative estimate of drug-likeness (QED) is 0.608. The normalized spacial score (nSPS) is 10.1. The van der Waals surface area contributed by atoms with Crippen molar-refractivity contribution in [1.29, 1.82) is 0 Å². The summed E-state index contributed by atoms with van der Waals surface area (Å²) in [5.74, 6) is 0.419. The van der Waals surface area contributed by atoms with Gasteiger partial charge >= 0.3 is 0 Å². The Morgan fingerprint density at radius 1 is 1.38 bits per heavy atom. The molecule has 1 aromatic carbocycles. The molecule has 0 fully saturated rings. The van der Waals surface area contributed by atoms with Crippen LogP contribution in [-0.2, 0) is 0 Å². The van der Waals surface area contributed by atoms with Crippen LogP contribution in [0.3, 0.4) is 0 Å². The van der Waals surface area contributed by atoms with Crippen LogP contribution >= 0.6 is 31.9 Å². The van der Waals surface area contributed by atoms with Gasteiger partial charge in [-0.3, -0.25) is 0 Å². The van der Waals surface area contributed by atoms with Crippen molar-refractivity contribution in [2.24, 2.45) is 0 Å². The predicted molar refractivity (Wildman–Crippen MR) is 58.0 cm³/mol. The number of alkyl halides is 1. The molecule has 0 spiro atoms. The second kappa shape index (κ2) is 5.60. The summed E-state index contributed by atoms with van der Waals surface area (Å²) < 4.78 is 18.7. The van der Waals surface area contributed by atoms with E-state index in [-0.39, 0.29) is 5.82 Å². The Morgan fingerprint density at radius 2 is 2.15 bits per heavy atom. The van der Waals surface area contributed by atoms with Crippen LogP contribution in [0.4, 0.5) is 4.39 Å². The summed E-state index contributed by atoms with van der Waals surface area (Å²) in [5, 5.41) is 0.909. The first-order chi connectivity index (χ1) is 6.24. The fourth-order valence-corrected chi connectivity index (χ4v) is 1.52. The van der Waals surface area contributed by atoms with Crippen molar-refractivity contribution in [1.82, 2.24) is 0 Å². The van der Waals surface area contributed by atoms with Gasteiger partial charge in [-0.15, -0.1) is 0 Å². The van der Waals surface area contributed by atoms with Gasteiger partial charge in [0, 0.05) is 5.33 Å². The summed E-state index contributed by atoms with van der Waals surface area (Å²) in [6.07, 6.45) is 0.934. The lowest BCUT2D eigenvalue weighted by Gasteiger charge is -2.06. The van der Waals surface area contributed by atoms with Gasteiger partial charge in [-0.05, 0) is 40.5 Å². The average molecular weight is 312 g/mol. The maximum absolute atomic E-state index is 12.6. The minimum Gasteiger partial charge on any atom is -0.492 e. The molecule has 0 aromatic heterocycles. The van der Waals surface area contributed by atoms with Gasteiger partial charge in [0.05, 0.1) is 11.1 Å². The van der Waals surface area contributed by atoms with Crippen molar-refractivity contribution in [3.63, 3.8) is 0 Å². The molecule has 0 bridgehead atoms. The highest BCUT2D eigenvalue weighted by Gasteiger charge is 2.01. The number of ether oxygens (including phenoxy) is 1. The average Bonchev–Trinajstić information content (AvgIpc) is 2.09. The SMILES string of the molecule is Fc1ccc(OCCCBr)c(Br)c1. The molecule has 4 heteroatoms. The molecule has 0 aliphatic carbocycles. The van der Waals surface area contributed by atoms with E-state index >= 15 is 0 Å². The minimum absolute atomic E-state index is 0.264. The minimum atomic E-state index is -0.264. The zero-order valence-corrected chi connectivity index (χ0v) is 10.1. The Bertz CT molecular complexity index is 278. The van der Waals surface area contributed by atoms with Crippen LogP contribution in [0.1, 0.15) is 6.42 Å². The molecule has 0 atom stereocenters. The van der Waals surface area contributed by atoms with Crippen molar-refractivity contribution in [3.05, 3.63) is 28.5 Å². The van der Waals surface area contributed by atoms with E-state index in [0.29, 0.717) is 16.8 Å². The lowest BCUT2D eigenvalue weighted by atomic mass is 10.3. The third kappa shape index (κ3) is 3.65. The van der Waals surface area contributed by atoms with E-state index in [4.69, 9.17) is 4.74 Å². The van der Waals surface area contributed by atoms with Gasteiger partial charge in [0.1, 0.15) is 11.6 Å². The zero-order valence-electron chi connectivity index (χ0n) is 6.90. The van der Waals surface area contributed by atoms with Crippen LogP contribution in [0, 0.1) is 5.82 Å². The van der Waals surface area contributed by atoms with Gasteiger partial charge in [-0.1, -0.05) is 15.9 Å². The van der Waals surface area contributed by atoms with Crippen LogP contribution in [0.25, 0.3) is 0 Å². The summed E-state index contributed by atoms with van der Waals surface area (Å²) in [6, 6.07) is 4.39. The van der Waals surface area contributed by atoms with Crippen molar-refractivity contribution in [2.75, 3.05) is 11.9 Å². The van der Waals surface area contributed by atoms with Crippen molar-refractivity contribution in [3.8, 4) is 5.75 Å². The smallest absolute Gasteiger partial charge is 0.133 e. The molecule has 0 radical (unpaired) electrons. The van der Waals surface area contributed by atoms with E-state index in [1.54, 1.807) is 6.07 Å². The molecule has 0 saturated heterocycles. The molecule has 72 valence electrons. The largest absolute Gasteiger partial charge is 0.492 e. The summed E-state index contributed by atoms with van der Waals surface area (Å²) in [6.45, 7) is 0.634. The monoisotopic (exact) mass is 310 g/mol. The molecule has 0 aliphatic rings. The number of rotatable bonds is 4. The van der Waals surface area contributed by atoms with E-state index in [2.05, 4.69) is 31.9 Å². The maximum atomic E-state index is 12.6. The molecule has 0 saturated carbocycles. The Kier molecular flexibility index (Phi) is 4.73. The number of hydrogen-bond acceptors (Lipinski definition) is 1. The highest BCUT2D eigenvalue weighted by Crippen LogP contribution is 2.25. The topological polar surface area (TPSA) is 9.23 Å². The summed E-state index contributed by atoms with van der Waals surface area (Å²) >= 11 is 6.52. The molecule has 1 aromatic rings. The Labute approximate surface area is 93.5 Å². The van der Waals surface area contributed by atoms with Crippen molar-refractivity contribution >= 4 is 31.9 Å². The van der Waals surface area contributed by atoms with Crippen LogP contribution in [0.5, 0.6) is 5.75 Å². The van der Waals surface area contributed by atoms with E-state index < -0.39 is 0 Å². The second-order valence-electron chi connectivity index (χ2n) is 2.47. The molecule has 13 heavy (non-hydrogen) atoms.